The smallest absolute Gasteiger partial charge is 0.0275 e. The van der Waals surface area contributed by atoms with E-state index in [4.69, 9.17) is 11.5 Å². The molecule has 0 aromatic carbocycles. The van der Waals surface area contributed by atoms with Gasteiger partial charge in [-0.3, -0.25) is 0 Å². The molecule has 0 aliphatic heterocycles. The maximum absolute atomic E-state index is 5.88. The van der Waals surface area contributed by atoms with Gasteiger partial charge in [-0.2, -0.15) is 0 Å². The summed E-state index contributed by atoms with van der Waals surface area (Å²) in [5.41, 5.74) is 11.3. The Morgan fingerprint density at radius 3 is 2.00 bits per heavy atom. The molecule has 0 spiro atoms. The van der Waals surface area contributed by atoms with Crippen molar-refractivity contribution in [2.45, 2.75) is 38.6 Å². The second-order valence-electron chi connectivity index (χ2n) is 2.67. The van der Waals surface area contributed by atoms with Gasteiger partial charge in [-0.1, -0.05) is 20.3 Å². The van der Waals surface area contributed by atoms with E-state index in [2.05, 4.69) is 13.8 Å². The third kappa shape index (κ3) is 2.82. The fourth-order valence-electron chi connectivity index (χ4n) is 0.921. The summed E-state index contributed by atoms with van der Waals surface area (Å²) in [5, 5.41) is 0. The maximum atomic E-state index is 5.88. The average molecular weight is 130 g/mol. The van der Waals surface area contributed by atoms with Crippen LogP contribution in [0, 0.1) is 0 Å². The molecule has 0 amide bonds. The summed E-state index contributed by atoms with van der Waals surface area (Å²) in [7, 11) is 0. The first-order valence-corrected chi connectivity index (χ1v) is 3.67. The first-order chi connectivity index (χ1) is 4.18. The summed E-state index contributed by atoms with van der Waals surface area (Å²) in [6, 6.07) is 0. The van der Waals surface area contributed by atoms with Crippen LogP contribution >= 0.6 is 0 Å². The summed E-state index contributed by atoms with van der Waals surface area (Å²) in [6.07, 6.45) is 3.15. The molecule has 0 aliphatic rings. The molecule has 0 aliphatic carbocycles. The van der Waals surface area contributed by atoms with Gasteiger partial charge in [-0.25, -0.2) is 0 Å². The lowest BCUT2D eigenvalue weighted by molar-refractivity contribution is 0.386. The first-order valence-electron chi connectivity index (χ1n) is 3.67. The minimum absolute atomic E-state index is 0.0885. The van der Waals surface area contributed by atoms with E-state index in [9.17, 15) is 0 Å². The van der Waals surface area contributed by atoms with Crippen molar-refractivity contribution in [2.24, 2.45) is 11.5 Å². The number of hydrogen-bond donors (Lipinski definition) is 2. The Kier molecular flexibility index (Phi) is 3.82. The summed E-state index contributed by atoms with van der Waals surface area (Å²) in [5.74, 6) is 0. The van der Waals surface area contributed by atoms with E-state index >= 15 is 0 Å². The Morgan fingerprint density at radius 2 is 1.89 bits per heavy atom. The molecular formula is C7H18N2. The summed E-state index contributed by atoms with van der Waals surface area (Å²) in [4.78, 5) is 0. The molecule has 0 heterocycles. The lowest BCUT2D eigenvalue weighted by Crippen LogP contribution is -2.46. The highest BCUT2D eigenvalue weighted by molar-refractivity contribution is 4.82. The van der Waals surface area contributed by atoms with Crippen LogP contribution in [-0.4, -0.2) is 12.1 Å². The predicted molar refractivity (Wildman–Crippen MR) is 41.2 cm³/mol. The summed E-state index contributed by atoms with van der Waals surface area (Å²) >= 11 is 0. The molecule has 0 rings (SSSR count). The zero-order chi connectivity index (χ0) is 7.33. The zero-order valence-electron chi connectivity index (χ0n) is 6.48. The van der Waals surface area contributed by atoms with Crippen molar-refractivity contribution in [1.82, 2.24) is 0 Å². The molecular weight excluding hydrogens is 112 g/mol. The van der Waals surface area contributed by atoms with Crippen molar-refractivity contribution < 1.29 is 0 Å². The van der Waals surface area contributed by atoms with E-state index < -0.39 is 0 Å². The summed E-state index contributed by atoms with van der Waals surface area (Å²) in [6.45, 7) is 4.83. The van der Waals surface area contributed by atoms with Gasteiger partial charge in [0.15, 0.2) is 0 Å². The van der Waals surface area contributed by atoms with E-state index in [1.165, 1.54) is 0 Å². The maximum Gasteiger partial charge on any atom is 0.0275 e. The van der Waals surface area contributed by atoms with Crippen molar-refractivity contribution >= 4 is 0 Å². The largest absolute Gasteiger partial charge is 0.329 e. The van der Waals surface area contributed by atoms with Crippen LogP contribution in [0.5, 0.6) is 0 Å². The quantitative estimate of drug-likeness (QED) is 0.593. The molecule has 0 unspecified atom stereocenters. The predicted octanol–water partition coefficient (Wildman–Crippen LogP) is 0.853. The van der Waals surface area contributed by atoms with Crippen LogP contribution in [0.1, 0.15) is 33.1 Å². The molecule has 56 valence electrons. The van der Waals surface area contributed by atoms with Crippen molar-refractivity contribution in [1.29, 1.82) is 0 Å². The first kappa shape index (κ1) is 8.92. The second-order valence-corrected chi connectivity index (χ2v) is 2.67. The standard InChI is InChI=1S/C7H18N2/c1-3-5-7(9,4-2)6-8/h3-6,8-9H2,1-2H3/t7-/m0/s1. The molecule has 0 fully saturated rings. The van der Waals surface area contributed by atoms with Crippen LogP contribution in [0.4, 0.5) is 0 Å². The van der Waals surface area contributed by atoms with Crippen molar-refractivity contribution in [3.63, 3.8) is 0 Å². The van der Waals surface area contributed by atoms with E-state index in [0.29, 0.717) is 6.54 Å². The van der Waals surface area contributed by atoms with Crippen molar-refractivity contribution in [3.8, 4) is 0 Å². The zero-order valence-corrected chi connectivity index (χ0v) is 6.48. The highest BCUT2D eigenvalue weighted by atomic mass is 14.8. The highest BCUT2D eigenvalue weighted by Gasteiger charge is 2.18. The van der Waals surface area contributed by atoms with Crippen LogP contribution in [0.15, 0.2) is 0 Å². The Morgan fingerprint density at radius 1 is 1.33 bits per heavy atom. The normalized spacial score (nSPS) is 17.3. The summed E-state index contributed by atoms with van der Waals surface area (Å²) < 4.78 is 0. The third-order valence-corrected chi connectivity index (χ3v) is 1.86. The minimum atomic E-state index is -0.0885. The monoisotopic (exact) mass is 130 g/mol. The van der Waals surface area contributed by atoms with Crippen LogP contribution in [0.25, 0.3) is 0 Å². The lowest BCUT2D eigenvalue weighted by atomic mass is 9.92. The van der Waals surface area contributed by atoms with Crippen LogP contribution in [-0.2, 0) is 0 Å². The number of rotatable bonds is 4. The van der Waals surface area contributed by atoms with Crippen LogP contribution in [0.3, 0.4) is 0 Å². The molecule has 1 atom stereocenters. The second kappa shape index (κ2) is 3.85. The topological polar surface area (TPSA) is 52.0 Å². The van der Waals surface area contributed by atoms with Gasteiger partial charge >= 0.3 is 0 Å². The third-order valence-electron chi connectivity index (χ3n) is 1.86. The Hall–Kier alpha value is -0.0800. The van der Waals surface area contributed by atoms with Crippen molar-refractivity contribution in [2.75, 3.05) is 6.54 Å². The average Bonchev–Trinajstić information content (AvgIpc) is 1.89. The molecule has 2 nitrogen and oxygen atoms in total. The van der Waals surface area contributed by atoms with Crippen LogP contribution in [0.2, 0.25) is 0 Å². The van der Waals surface area contributed by atoms with Crippen molar-refractivity contribution in [3.05, 3.63) is 0 Å². The highest BCUT2D eigenvalue weighted by Crippen LogP contribution is 2.11. The SMILES string of the molecule is CCC[C@@](N)(CC)CN. The molecule has 2 heteroatoms. The molecule has 0 aromatic rings. The van der Waals surface area contributed by atoms with Gasteiger partial charge in [0.05, 0.1) is 0 Å². The van der Waals surface area contributed by atoms with Gasteiger partial charge in [0.1, 0.15) is 0 Å². The fourth-order valence-corrected chi connectivity index (χ4v) is 0.921. The molecule has 4 N–H and O–H groups in total. The minimum Gasteiger partial charge on any atom is -0.329 e. The molecule has 0 saturated heterocycles. The van der Waals surface area contributed by atoms with Crippen LogP contribution < -0.4 is 11.5 Å². The number of hydrogen-bond acceptors (Lipinski definition) is 2. The molecule has 0 radical (unpaired) electrons. The molecule has 9 heavy (non-hydrogen) atoms. The van der Waals surface area contributed by atoms with Gasteiger partial charge < -0.3 is 11.5 Å². The number of nitrogens with two attached hydrogens (primary N) is 2. The Labute approximate surface area is 57.6 Å². The molecule has 0 aromatic heterocycles. The van der Waals surface area contributed by atoms with Gasteiger partial charge in [0, 0.05) is 12.1 Å². The molecule has 0 saturated carbocycles. The van der Waals surface area contributed by atoms with E-state index in [0.717, 1.165) is 19.3 Å². The Bertz CT molecular complexity index is 67.3. The van der Waals surface area contributed by atoms with Gasteiger partial charge in [-0.15, -0.1) is 0 Å². The Balaban J connectivity index is 3.62. The van der Waals surface area contributed by atoms with E-state index in [-0.39, 0.29) is 5.54 Å². The van der Waals surface area contributed by atoms with E-state index in [1.807, 2.05) is 0 Å². The molecule has 0 bridgehead atoms. The van der Waals surface area contributed by atoms with Gasteiger partial charge in [0.25, 0.3) is 0 Å². The van der Waals surface area contributed by atoms with E-state index in [1.54, 1.807) is 0 Å². The fraction of sp³-hybridized carbons (Fsp3) is 1.00. The van der Waals surface area contributed by atoms with Gasteiger partial charge in [0.2, 0.25) is 0 Å². The van der Waals surface area contributed by atoms with Gasteiger partial charge in [-0.05, 0) is 12.8 Å². The lowest BCUT2D eigenvalue weighted by Gasteiger charge is -2.25.